The van der Waals surface area contributed by atoms with Crippen LogP contribution in [0.15, 0.2) is 59.7 Å². The zero-order chi connectivity index (χ0) is 20.8. The monoisotopic (exact) mass is 393 g/mol. The number of benzene rings is 2. The van der Waals surface area contributed by atoms with Gasteiger partial charge in [0.05, 0.1) is 16.7 Å². The van der Waals surface area contributed by atoms with Crippen LogP contribution in [0.3, 0.4) is 0 Å². The van der Waals surface area contributed by atoms with E-state index in [0.717, 1.165) is 5.69 Å². The number of nitro benzene ring substituents is 1. The van der Waals surface area contributed by atoms with E-state index in [2.05, 4.69) is 20.7 Å². The van der Waals surface area contributed by atoms with E-state index in [0.29, 0.717) is 5.56 Å². The summed E-state index contributed by atoms with van der Waals surface area (Å²) in [7, 11) is 0. The number of ether oxygens (including phenoxy) is 1. The molecule has 0 saturated carbocycles. The summed E-state index contributed by atoms with van der Waals surface area (Å²) in [6.45, 7) is 1.77. The number of nitrogens with zero attached hydrogens (tertiary/aromatic N) is 3. The van der Waals surface area contributed by atoms with Crippen LogP contribution in [0.4, 0.5) is 5.69 Å². The van der Waals surface area contributed by atoms with E-state index in [-0.39, 0.29) is 22.7 Å². The van der Waals surface area contributed by atoms with Crippen LogP contribution in [0.25, 0.3) is 0 Å². The van der Waals surface area contributed by atoms with Crippen molar-refractivity contribution in [2.45, 2.75) is 6.92 Å². The van der Waals surface area contributed by atoms with Gasteiger partial charge in [-0.15, -0.1) is 0 Å². The molecule has 0 aliphatic carbocycles. The lowest BCUT2D eigenvalue weighted by molar-refractivity contribution is -0.384. The lowest BCUT2D eigenvalue weighted by Gasteiger charge is -2.05. The molecule has 1 heterocycles. The molecule has 0 spiro atoms. The van der Waals surface area contributed by atoms with E-state index in [1.54, 1.807) is 37.3 Å². The molecule has 1 amide bonds. The summed E-state index contributed by atoms with van der Waals surface area (Å²) in [5, 5.41) is 21.0. The van der Waals surface area contributed by atoms with Crippen molar-refractivity contribution in [1.82, 2.24) is 15.6 Å². The third-order valence-electron chi connectivity index (χ3n) is 3.70. The highest BCUT2D eigenvalue weighted by Crippen LogP contribution is 2.16. The molecule has 29 heavy (non-hydrogen) atoms. The van der Waals surface area contributed by atoms with Crippen molar-refractivity contribution in [3.63, 3.8) is 0 Å². The first-order valence-corrected chi connectivity index (χ1v) is 8.34. The van der Waals surface area contributed by atoms with Gasteiger partial charge in [0, 0.05) is 17.8 Å². The van der Waals surface area contributed by atoms with Gasteiger partial charge in [-0.25, -0.2) is 10.2 Å². The molecule has 2 N–H and O–H groups in total. The van der Waals surface area contributed by atoms with Gasteiger partial charge in [0.15, 0.2) is 5.69 Å². The first-order valence-electron chi connectivity index (χ1n) is 8.34. The third kappa shape index (κ3) is 5.10. The molecule has 146 valence electrons. The second-order valence-electron chi connectivity index (χ2n) is 5.90. The Bertz CT molecular complexity index is 1090. The van der Waals surface area contributed by atoms with Gasteiger partial charge in [-0.2, -0.15) is 10.2 Å². The minimum Gasteiger partial charge on any atom is -0.423 e. The minimum absolute atomic E-state index is 0.119. The summed E-state index contributed by atoms with van der Waals surface area (Å²) >= 11 is 0. The zero-order valence-electron chi connectivity index (χ0n) is 15.2. The van der Waals surface area contributed by atoms with E-state index >= 15 is 0 Å². The highest BCUT2D eigenvalue weighted by atomic mass is 16.6. The number of non-ortho nitro benzene ring substituents is 1. The lowest BCUT2D eigenvalue weighted by atomic mass is 10.2. The Morgan fingerprint density at radius 3 is 2.62 bits per heavy atom. The van der Waals surface area contributed by atoms with E-state index < -0.39 is 16.8 Å². The van der Waals surface area contributed by atoms with Crippen LogP contribution in [-0.4, -0.2) is 33.2 Å². The molecule has 3 aromatic rings. The molecule has 0 saturated heterocycles. The van der Waals surface area contributed by atoms with Crippen molar-refractivity contribution >= 4 is 23.8 Å². The standard InChI is InChI=1S/C19H15N5O5/c1-12-9-17(22-21-12)18(25)23-20-11-13-3-2-4-16(10-13)29-19(26)14-5-7-15(8-6-14)24(27)28/h2-11H,1H3,(H,21,22)(H,23,25)/b20-11+. The number of carbonyl (C=O) groups excluding carboxylic acids is 2. The largest absolute Gasteiger partial charge is 0.423 e. The summed E-state index contributed by atoms with van der Waals surface area (Å²) in [5.74, 6) is -0.867. The average molecular weight is 393 g/mol. The van der Waals surface area contributed by atoms with Gasteiger partial charge in [0.25, 0.3) is 11.6 Å². The van der Waals surface area contributed by atoms with Crippen molar-refractivity contribution in [3.05, 3.63) is 87.2 Å². The number of esters is 1. The van der Waals surface area contributed by atoms with E-state index in [1.807, 2.05) is 0 Å². The third-order valence-corrected chi connectivity index (χ3v) is 3.70. The van der Waals surface area contributed by atoms with Crippen LogP contribution in [0, 0.1) is 17.0 Å². The number of aromatic nitrogens is 2. The van der Waals surface area contributed by atoms with Crippen LogP contribution < -0.4 is 10.2 Å². The van der Waals surface area contributed by atoms with Gasteiger partial charge in [0.2, 0.25) is 0 Å². The molecule has 10 heteroatoms. The zero-order valence-corrected chi connectivity index (χ0v) is 15.2. The fourth-order valence-electron chi connectivity index (χ4n) is 2.30. The summed E-state index contributed by atoms with van der Waals surface area (Å²) in [5.41, 5.74) is 3.95. The van der Waals surface area contributed by atoms with Crippen LogP contribution in [-0.2, 0) is 0 Å². The SMILES string of the molecule is Cc1cc(C(=O)N/N=C/c2cccc(OC(=O)c3ccc([N+](=O)[O-])cc3)c2)n[nH]1. The summed E-state index contributed by atoms with van der Waals surface area (Å²) in [4.78, 5) is 34.2. The Kier molecular flexibility index (Phi) is 5.74. The Labute approximate surface area is 164 Å². The van der Waals surface area contributed by atoms with Gasteiger partial charge < -0.3 is 4.74 Å². The Morgan fingerprint density at radius 2 is 1.97 bits per heavy atom. The van der Waals surface area contributed by atoms with Gasteiger partial charge >= 0.3 is 5.97 Å². The second-order valence-corrected chi connectivity index (χ2v) is 5.90. The molecule has 0 aliphatic rings. The van der Waals surface area contributed by atoms with E-state index in [9.17, 15) is 19.7 Å². The fourth-order valence-corrected chi connectivity index (χ4v) is 2.30. The molecule has 0 unspecified atom stereocenters. The van der Waals surface area contributed by atoms with Crippen molar-refractivity contribution in [2.75, 3.05) is 0 Å². The number of H-pyrrole nitrogens is 1. The number of carbonyl (C=O) groups is 2. The maximum atomic E-state index is 12.2. The van der Waals surface area contributed by atoms with Crippen molar-refractivity contribution in [2.24, 2.45) is 5.10 Å². The lowest BCUT2D eigenvalue weighted by Crippen LogP contribution is -2.18. The maximum absolute atomic E-state index is 12.2. The molecule has 0 fully saturated rings. The van der Waals surface area contributed by atoms with Gasteiger partial charge in [-0.3, -0.25) is 20.0 Å². The first-order chi connectivity index (χ1) is 13.9. The number of aryl methyl sites for hydroxylation is 1. The van der Waals surface area contributed by atoms with E-state index in [4.69, 9.17) is 4.74 Å². The molecule has 0 bridgehead atoms. The summed E-state index contributed by atoms with van der Waals surface area (Å²) < 4.78 is 5.27. The molecule has 10 nitrogen and oxygen atoms in total. The van der Waals surface area contributed by atoms with Crippen LogP contribution >= 0.6 is 0 Å². The number of hydrogen-bond acceptors (Lipinski definition) is 7. The second kappa shape index (κ2) is 8.57. The number of hydrogen-bond donors (Lipinski definition) is 2. The molecule has 1 aromatic heterocycles. The summed E-state index contributed by atoms with van der Waals surface area (Å²) in [6.07, 6.45) is 1.39. The summed E-state index contributed by atoms with van der Waals surface area (Å²) in [6, 6.07) is 13.2. The minimum atomic E-state index is -0.656. The average Bonchev–Trinajstić information content (AvgIpc) is 3.15. The Morgan fingerprint density at radius 1 is 1.21 bits per heavy atom. The Balaban J connectivity index is 1.62. The van der Waals surface area contributed by atoms with Crippen molar-refractivity contribution < 1.29 is 19.2 Å². The highest BCUT2D eigenvalue weighted by Gasteiger charge is 2.12. The van der Waals surface area contributed by atoms with Crippen molar-refractivity contribution in [3.8, 4) is 5.75 Å². The number of rotatable bonds is 6. The number of nitro groups is 1. The predicted molar refractivity (Wildman–Crippen MR) is 103 cm³/mol. The molecule has 0 atom stereocenters. The van der Waals surface area contributed by atoms with E-state index in [1.165, 1.54) is 30.5 Å². The molecular formula is C19H15N5O5. The fraction of sp³-hybridized carbons (Fsp3) is 0.0526. The van der Waals surface area contributed by atoms with Crippen LogP contribution in [0.1, 0.15) is 32.1 Å². The predicted octanol–water partition coefficient (Wildman–Crippen LogP) is 2.61. The highest BCUT2D eigenvalue weighted by molar-refractivity contribution is 5.93. The van der Waals surface area contributed by atoms with Gasteiger partial charge in [-0.1, -0.05) is 12.1 Å². The number of nitrogens with one attached hydrogen (secondary N) is 2. The van der Waals surface area contributed by atoms with Crippen LogP contribution in [0.5, 0.6) is 5.75 Å². The molecule has 0 radical (unpaired) electrons. The molecule has 2 aromatic carbocycles. The maximum Gasteiger partial charge on any atom is 0.343 e. The quantitative estimate of drug-likeness (QED) is 0.217. The molecular weight excluding hydrogens is 378 g/mol. The first kappa shape index (κ1) is 19.4. The smallest absolute Gasteiger partial charge is 0.343 e. The Hall–Kier alpha value is -4.34. The van der Waals surface area contributed by atoms with Gasteiger partial charge in [0.1, 0.15) is 5.75 Å². The number of aromatic amines is 1. The molecule has 0 aliphatic heterocycles. The van der Waals surface area contributed by atoms with Gasteiger partial charge in [-0.05, 0) is 42.8 Å². The molecule has 3 rings (SSSR count). The van der Waals surface area contributed by atoms with Crippen molar-refractivity contribution in [1.29, 1.82) is 0 Å². The number of hydrazone groups is 1. The topological polar surface area (TPSA) is 140 Å². The number of amides is 1. The van der Waals surface area contributed by atoms with Crippen LogP contribution in [0.2, 0.25) is 0 Å². The normalized spacial score (nSPS) is 10.7.